The highest BCUT2D eigenvalue weighted by Crippen LogP contribution is 2.37. The van der Waals surface area contributed by atoms with Crippen LogP contribution in [0.25, 0.3) is 0 Å². The summed E-state index contributed by atoms with van der Waals surface area (Å²) in [6, 6.07) is 0. The molecule has 0 N–H and O–H groups in total. The molecule has 20 heavy (non-hydrogen) atoms. The molecule has 1 atom stereocenters. The van der Waals surface area contributed by atoms with E-state index in [4.69, 9.17) is 4.74 Å². The van der Waals surface area contributed by atoms with Crippen LogP contribution in [0.2, 0.25) is 5.54 Å². The molecule has 0 spiro atoms. The zero-order valence-corrected chi connectivity index (χ0v) is 15.0. The van der Waals surface area contributed by atoms with Crippen LogP contribution in [0.5, 0.6) is 0 Å². The van der Waals surface area contributed by atoms with Crippen molar-refractivity contribution in [1.29, 1.82) is 0 Å². The molecule has 2 aliphatic rings. The quantitative estimate of drug-likeness (QED) is 0.484. The first kappa shape index (κ1) is 16.3. The van der Waals surface area contributed by atoms with Gasteiger partial charge in [-0.15, -0.1) is 6.58 Å². The minimum atomic E-state index is -0.224. The average molecular weight is 295 g/mol. The minimum Gasteiger partial charge on any atom is -0.376 e. The molecule has 2 fully saturated rings. The summed E-state index contributed by atoms with van der Waals surface area (Å²) in [6.45, 7) is 7.21. The van der Waals surface area contributed by atoms with Crippen molar-refractivity contribution in [2.75, 3.05) is 6.61 Å². The summed E-state index contributed by atoms with van der Waals surface area (Å²) in [5, 5.41) is 0.110. The fourth-order valence-corrected chi connectivity index (χ4v) is 7.50. The van der Waals surface area contributed by atoms with Crippen LogP contribution < -0.4 is 0 Å². The molecule has 0 aromatic rings. The van der Waals surface area contributed by atoms with Gasteiger partial charge >= 0.3 is 0 Å². The highest BCUT2D eigenvalue weighted by Gasteiger charge is 2.34. The van der Waals surface area contributed by atoms with E-state index in [1.165, 1.54) is 70.6 Å². The van der Waals surface area contributed by atoms with Crippen LogP contribution in [0, 0.1) is 5.92 Å². The van der Waals surface area contributed by atoms with Gasteiger partial charge in [-0.1, -0.05) is 70.3 Å². The van der Waals surface area contributed by atoms with Gasteiger partial charge in [-0.2, -0.15) is 0 Å². The van der Waals surface area contributed by atoms with Gasteiger partial charge in [0, 0.05) is 6.61 Å². The molecule has 1 nitrogen and oxygen atoms in total. The molecule has 0 aliphatic heterocycles. The zero-order chi connectivity index (χ0) is 14.3. The van der Waals surface area contributed by atoms with Crippen molar-refractivity contribution < 1.29 is 4.74 Å². The molecule has 2 aliphatic carbocycles. The molecular weight excluding hydrogens is 260 g/mol. The van der Waals surface area contributed by atoms with Gasteiger partial charge in [-0.3, -0.25) is 0 Å². The van der Waals surface area contributed by atoms with Crippen LogP contribution in [0.15, 0.2) is 12.7 Å². The lowest BCUT2D eigenvalue weighted by atomic mass is 9.85. The third-order valence-electron chi connectivity index (χ3n) is 5.52. The van der Waals surface area contributed by atoms with Gasteiger partial charge in [-0.05, 0) is 24.8 Å². The van der Waals surface area contributed by atoms with E-state index in [2.05, 4.69) is 19.6 Å². The molecule has 0 heterocycles. The van der Waals surface area contributed by atoms with Crippen molar-refractivity contribution >= 4 is 9.52 Å². The highest BCUT2D eigenvalue weighted by molar-refractivity contribution is 6.42. The fourth-order valence-electron chi connectivity index (χ4n) is 4.47. The second kappa shape index (κ2) is 8.38. The van der Waals surface area contributed by atoms with Crippen LogP contribution in [0.4, 0.5) is 0 Å². The molecule has 0 bridgehead atoms. The Morgan fingerprint density at radius 2 is 1.65 bits per heavy atom. The van der Waals surface area contributed by atoms with E-state index in [9.17, 15) is 0 Å². The molecular formula is C18H34OSi. The zero-order valence-electron chi connectivity index (χ0n) is 13.5. The van der Waals surface area contributed by atoms with Gasteiger partial charge in [-0.25, -0.2) is 0 Å². The van der Waals surface area contributed by atoms with Crippen LogP contribution >= 0.6 is 0 Å². The number of hydrogen-bond acceptors (Lipinski definition) is 1. The molecule has 2 rings (SSSR count). The van der Waals surface area contributed by atoms with E-state index in [-0.39, 0.29) is 14.7 Å². The first-order valence-corrected chi connectivity index (χ1v) is 10.6. The second-order valence-electron chi connectivity index (χ2n) is 7.12. The van der Waals surface area contributed by atoms with Crippen molar-refractivity contribution in [3.05, 3.63) is 12.7 Å². The molecule has 116 valence electrons. The van der Waals surface area contributed by atoms with Gasteiger partial charge in [0.2, 0.25) is 0 Å². The van der Waals surface area contributed by atoms with Gasteiger partial charge < -0.3 is 4.74 Å². The first-order chi connectivity index (χ1) is 9.78. The molecule has 0 amide bonds. The Labute approximate surface area is 128 Å². The molecule has 0 aromatic heterocycles. The summed E-state index contributed by atoms with van der Waals surface area (Å²) in [5.41, 5.74) is 1.01. The SMILES string of the molecule is C=CC(CC1CCCCC1)(OCC)[SiH2]C1CCCCC1. The summed E-state index contributed by atoms with van der Waals surface area (Å²) >= 11 is 0. The van der Waals surface area contributed by atoms with Gasteiger partial charge in [0.05, 0.1) is 14.7 Å². The van der Waals surface area contributed by atoms with Gasteiger partial charge in [0.1, 0.15) is 0 Å². The highest BCUT2D eigenvalue weighted by atomic mass is 28.2. The molecule has 2 heteroatoms. The summed E-state index contributed by atoms with van der Waals surface area (Å²) < 4.78 is 6.33. The first-order valence-electron chi connectivity index (χ1n) is 9.05. The van der Waals surface area contributed by atoms with E-state index < -0.39 is 0 Å². The summed E-state index contributed by atoms with van der Waals surface area (Å²) in [4.78, 5) is 0. The predicted molar refractivity (Wildman–Crippen MR) is 91.1 cm³/mol. The van der Waals surface area contributed by atoms with Crippen molar-refractivity contribution in [1.82, 2.24) is 0 Å². The lowest BCUT2D eigenvalue weighted by Crippen LogP contribution is -2.42. The topological polar surface area (TPSA) is 9.23 Å². The Hall–Kier alpha value is -0.0831. The van der Waals surface area contributed by atoms with Crippen LogP contribution in [-0.4, -0.2) is 21.4 Å². The second-order valence-corrected chi connectivity index (χ2v) is 9.88. The summed E-state index contributed by atoms with van der Waals surface area (Å²) in [7, 11) is -0.224. The van der Waals surface area contributed by atoms with Crippen LogP contribution in [0.3, 0.4) is 0 Å². The van der Waals surface area contributed by atoms with Crippen molar-refractivity contribution in [2.45, 2.75) is 88.3 Å². The van der Waals surface area contributed by atoms with Crippen molar-refractivity contribution in [2.24, 2.45) is 5.92 Å². The van der Waals surface area contributed by atoms with Gasteiger partial charge in [0.15, 0.2) is 0 Å². The molecule has 0 aromatic carbocycles. The lowest BCUT2D eigenvalue weighted by Gasteiger charge is -2.38. The Bertz CT molecular complexity index is 257. The lowest BCUT2D eigenvalue weighted by molar-refractivity contribution is 0.0354. The van der Waals surface area contributed by atoms with E-state index in [1.54, 1.807) is 0 Å². The Balaban J connectivity index is 1.96. The largest absolute Gasteiger partial charge is 0.376 e. The van der Waals surface area contributed by atoms with Crippen LogP contribution in [0.1, 0.15) is 77.6 Å². The summed E-state index contributed by atoms with van der Waals surface area (Å²) in [6.07, 6.45) is 18.0. The maximum absolute atomic E-state index is 6.33. The van der Waals surface area contributed by atoms with Crippen LogP contribution in [-0.2, 0) is 4.74 Å². The predicted octanol–water partition coefficient (Wildman–Crippen LogP) is 4.80. The number of ether oxygens (including phenoxy) is 1. The van der Waals surface area contributed by atoms with Gasteiger partial charge in [0.25, 0.3) is 0 Å². The normalized spacial score (nSPS) is 25.9. The van der Waals surface area contributed by atoms with E-state index in [0.717, 1.165) is 18.1 Å². The molecule has 0 saturated heterocycles. The number of rotatable bonds is 7. The average Bonchev–Trinajstić information content (AvgIpc) is 2.49. The fraction of sp³-hybridized carbons (Fsp3) is 0.889. The Kier molecular flexibility index (Phi) is 6.83. The Morgan fingerprint density at radius 3 is 2.20 bits per heavy atom. The third kappa shape index (κ3) is 4.73. The third-order valence-corrected chi connectivity index (χ3v) is 8.39. The smallest absolute Gasteiger partial charge is 0.0693 e. The minimum absolute atomic E-state index is 0.110. The van der Waals surface area contributed by atoms with E-state index in [0.29, 0.717) is 0 Å². The van der Waals surface area contributed by atoms with Crippen molar-refractivity contribution in [3.8, 4) is 0 Å². The molecule has 1 unspecified atom stereocenters. The van der Waals surface area contributed by atoms with E-state index in [1.807, 2.05) is 0 Å². The monoisotopic (exact) mass is 294 g/mol. The standard InChI is InChI=1S/C18H34OSi/c1-3-18(19-4-2,15-16-11-7-5-8-12-16)20-17-13-9-6-10-14-17/h3,16-17H,1,4-15,20H2,2H3. The number of hydrogen-bond donors (Lipinski definition) is 0. The van der Waals surface area contributed by atoms with E-state index >= 15 is 0 Å². The maximum Gasteiger partial charge on any atom is 0.0693 e. The van der Waals surface area contributed by atoms with Crippen molar-refractivity contribution in [3.63, 3.8) is 0 Å². The molecule has 0 radical (unpaired) electrons. The Morgan fingerprint density at radius 1 is 1.05 bits per heavy atom. The maximum atomic E-state index is 6.33. The molecule has 2 saturated carbocycles. The summed E-state index contributed by atoms with van der Waals surface area (Å²) in [5.74, 6) is 0.907.